The Balaban J connectivity index is 1.84. The molecule has 0 saturated carbocycles. The summed E-state index contributed by atoms with van der Waals surface area (Å²) >= 11 is 7.19. The molecule has 0 radical (unpaired) electrons. The van der Waals surface area contributed by atoms with Crippen molar-refractivity contribution in [1.82, 2.24) is 4.90 Å². The number of thioether (sulfide) groups is 1. The highest BCUT2D eigenvalue weighted by atomic mass is 35.5. The molecule has 0 atom stereocenters. The van der Waals surface area contributed by atoms with E-state index in [0.717, 1.165) is 5.56 Å². The molecular formula is C20H17ClN2O4S. The second-order valence-corrected chi connectivity index (χ2v) is 7.23. The van der Waals surface area contributed by atoms with Crippen LogP contribution in [0.2, 0.25) is 5.02 Å². The summed E-state index contributed by atoms with van der Waals surface area (Å²) in [6.45, 7) is 1.96. The number of carboxylic acid groups (broad SMARTS) is 1. The first-order valence-electron chi connectivity index (χ1n) is 8.46. The van der Waals surface area contributed by atoms with Crippen LogP contribution in [0.25, 0.3) is 6.08 Å². The minimum Gasteiger partial charge on any atom is -0.482 e. The van der Waals surface area contributed by atoms with Crippen LogP contribution < -0.4 is 4.74 Å². The zero-order valence-electron chi connectivity index (χ0n) is 15.0. The maximum Gasteiger partial charge on any atom is 0.341 e. The van der Waals surface area contributed by atoms with Crippen LogP contribution in [0.15, 0.2) is 58.4 Å². The molecule has 0 bridgehead atoms. The first-order chi connectivity index (χ1) is 13.5. The Hall–Kier alpha value is -2.77. The molecule has 0 aromatic heterocycles. The topological polar surface area (TPSA) is 79.2 Å². The monoisotopic (exact) mass is 416 g/mol. The van der Waals surface area contributed by atoms with Gasteiger partial charge in [0.2, 0.25) is 0 Å². The van der Waals surface area contributed by atoms with Gasteiger partial charge in [0.15, 0.2) is 11.8 Å². The smallest absolute Gasteiger partial charge is 0.341 e. The molecule has 0 unspecified atom stereocenters. The highest BCUT2D eigenvalue weighted by Crippen LogP contribution is 2.34. The van der Waals surface area contributed by atoms with Gasteiger partial charge in [-0.15, -0.1) is 0 Å². The summed E-state index contributed by atoms with van der Waals surface area (Å²) in [6.07, 6.45) is 1.74. The van der Waals surface area contributed by atoms with Crippen molar-refractivity contribution in [3.63, 3.8) is 0 Å². The van der Waals surface area contributed by atoms with Crippen LogP contribution in [0.3, 0.4) is 0 Å². The van der Waals surface area contributed by atoms with E-state index in [4.69, 9.17) is 21.4 Å². The van der Waals surface area contributed by atoms with Crippen molar-refractivity contribution in [2.24, 2.45) is 4.99 Å². The van der Waals surface area contributed by atoms with Gasteiger partial charge in [0.05, 0.1) is 10.6 Å². The van der Waals surface area contributed by atoms with Gasteiger partial charge in [-0.05, 0) is 66.7 Å². The van der Waals surface area contributed by atoms with Gasteiger partial charge in [-0.2, -0.15) is 0 Å². The van der Waals surface area contributed by atoms with Gasteiger partial charge in [-0.25, -0.2) is 9.79 Å². The maximum absolute atomic E-state index is 12.7. The number of halogens is 1. The molecule has 28 heavy (non-hydrogen) atoms. The molecule has 3 rings (SSSR count). The summed E-state index contributed by atoms with van der Waals surface area (Å²) in [7, 11) is 0. The van der Waals surface area contributed by atoms with Gasteiger partial charge in [0.1, 0.15) is 5.75 Å². The molecule has 144 valence electrons. The van der Waals surface area contributed by atoms with E-state index in [-0.39, 0.29) is 5.91 Å². The minimum absolute atomic E-state index is 0.128. The van der Waals surface area contributed by atoms with Crippen LogP contribution >= 0.6 is 23.4 Å². The quantitative estimate of drug-likeness (QED) is 0.705. The highest BCUT2D eigenvalue weighted by Gasteiger charge is 2.32. The standard InChI is InChI=1S/C20H17ClN2O4S/c1-2-23-19(26)17(28-20(23)22-15-8-6-14(21)7-9-15)11-13-4-3-5-16(10-13)27-12-18(24)25/h3-11H,2,12H2,1H3,(H,24,25)/b17-11+,22-20?. The summed E-state index contributed by atoms with van der Waals surface area (Å²) in [5.41, 5.74) is 1.45. The normalized spacial score (nSPS) is 16.8. The van der Waals surface area contributed by atoms with E-state index >= 15 is 0 Å². The van der Waals surface area contributed by atoms with Gasteiger partial charge in [-0.1, -0.05) is 23.7 Å². The van der Waals surface area contributed by atoms with Crippen LogP contribution in [0.5, 0.6) is 5.75 Å². The number of carbonyl (C=O) groups is 2. The lowest BCUT2D eigenvalue weighted by atomic mass is 10.2. The largest absolute Gasteiger partial charge is 0.482 e. The number of aliphatic carboxylic acids is 1. The predicted molar refractivity (Wildman–Crippen MR) is 111 cm³/mol. The van der Waals surface area contributed by atoms with Crippen molar-refractivity contribution >= 4 is 52.2 Å². The number of ether oxygens (including phenoxy) is 1. The SMILES string of the molecule is CCN1C(=O)/C(=C\c2cccc(OCC(=O)O)c2)SC1=Nc1ccc(Cl)cc1. The minimum atomic E-state index is -1.05. The van der Waals surface area contributed by atoms with Crippen LogP contribution in [-0.2, 0) is 9.59 Å². The number of aliphatic imine (C=N–C) groups is 1. The van der Waals surface area contributed by atoms with E-state index in [2.05, 4.69) is 4.99 Å². The Morgan fingerprint density at radius 1 is 1.29 bits per heavy atom. The molecule has 0 aliphatic carbocycles. The molecule has 1 aliphatic rings. The van der Waals surface area contributed by atoms with Crippen molar-refractivity contribution in [1.29, 1.82) is 0 Å². The first-order valence-corrected chi connectivity index (χ1v) is 9.66. The lowest BCUT2D eigenvalue weighted by Gasteiger charge is -2.11. The van der Waals surface area contributed by atoms with Crippen LogP contribution in [0.1, 0.15) is 12.5 Å². The van der Waals surface area contributed by atoms with Crippen molar-refractivity contribution < 1.29 is 19.4 Å². The van der Waals surface area contributed by atoms with Gasteiger partial charge < -0.3 is 9.84 Å². The van der Waals surface area contributed by atoms with E-state index in [1.54, 1.807) is 53.4 Å². The summed E-state index contributed by atoms with van der Waals surface area (Å²) in [5.74, 6) is -0.751. The van der Waals surface area contributed by atoms with Crippen molar-refractivity contribution in [2.45, 2.75) is 6.92 Å². The number of amides is 1. The molecule has 6 nitrogen and oxygen atoms in total. The lowest BCUT2D eigenvalue weighted by molar-refractivity contribution is -0.139. The third kappa shape index (κ3) is 4.94. The highest BCUT2D eigenvalue weighted by molar-refractivity contribution is 8.18. The number of nitrogens with zero attached hydrogens (tertiary/aromatic N) is 2. The molecule has 1 saturated heterocycles. The molecule has 8 heteroatoms. The molecule has 2 aromatic carbocycles. The summed E-state index contributed by atoms with van der Waals surface area (Å²) in [5, 5.41) is 9.94. The van der Waals surface area contributed by atoms with Crippen LogP contribution in [-0.4, -0.2) is 40.2 Å². The van der Waals surface area contributed by atoms with E-state index in [9.17, 15) is 9.59 Å². The zero-order chi connectivity index (χ0) is 20.1. The Bertz CT molecular complexity index is 957. The molecule has 0 spiro atoms. The second kappa shape index (κ2) is 8.95. The summed E-state index contributed by atoms with van der Waals surface area (Å²) in [6, 6.07) is 14.0. The van der Waals surface area contributed by atoms with Gasteiger partial charge in [0.25, 0.3) is 5.91 Å². The van der Waals surface area contributed by atoms with Crippen molar-refractivity contribution in [3.8, 4) is 5.75 Å². The molecular weight excluding hydrogens is 400 g/mol. The Morgan fingerprint density at radius 3 is 2.71 bits per heavy atom. The fourth-order valence-electron chi connectivity index (χ4n) is 2.49. The van der Waals surface area contributed by atoms with Crippen molar-refractivity contribution in [2.75, 3.05) is 13.2 Å². The third-order valence-electron chi connectivity index (χ3n) is 3.77. The molecule has 1 N–H and O–H groups in total. The Morgan fingerprint density at radius 2 is 2.04 bits per heavy atom. The fraction of sp³-hybridized carbons (Fsp3) is 0.150. The van der Waals surface area contributed by atoms with Crippen molar-refractivity contribution in [3.05, 3.63) is 64.0 Å². The number of carbonyl (C=O) groups excluding carboxylic acids is 1. The average molecular weight is 417 g/mol. The molecule has 1 amide bonds. The maximum atomic E-state index is 12.7. The predicted octanol–water partition coefficient (Wildman–Crippen LogP) is 4.43. The Kier molecular flexibility index (Phi) is 6.38. The van der Waals surface area contributed by atoms with Crippen LogP contribution in [0.4, 0.5) is 5.69 Å². The van der Waals surface area contributed by atoms with E-state index < -0.39 is 12.6 Å². The number of rotatable bonds is 6. The van der Waals surface area contributed by atoms with Gasteiger partial charge in [-0.3, -0.25) is 9.69 Å². The van der Waals surface area contributed by atoms with Crippen LogP contribution in [0, 0.1) is 0 Å². The first kappa shape index (κ1) is 20.0. The number of hydrogen-bond acceptors (Lipinski definition) is 5. The average Bonchev–Trinajstić information content (AvgIpc) is 2.96. The zero-order valence-corrected chi connectivity index (χ0v) is 16.5. The van der Waals surface area contributed by atoms with Gasteiger partial charge >= 0.3 is 5.97 Å². The third-order valence-corrected chi connectivity index (χ3v) is 5.03. The number of amidine groups is 1. The van der Waals surface area contributed by atoms with E-state index in [1.807, 2.05) is 13.0 Å². The van der Waals surface area contributed by atoms with Gasteiger partial charge in [0, 0.05) is 11.6 Å². The van der Waals surface area contributed by atoms with E-state index in [0.29, 0.717) is 33.1 Å². The number of likely N-dealkylation sites (N-methyl/N-ethyl adjacent to an activating group) is 1. The summed E-state index contributed by atoms with van der Waals surface area (Å²) < 4.78 is 5.19. The number of benzene rings is 2. The molecule has 1 aliphatic heterocycles. The Labute approximate surface area is 171 Å². The van der Waals surface area contributed by atoms with E-state index in [1.165, 1.54) is 11.8 Å². The number of carboxylic acids is 1. The molecule has 2 aromatic rings. The number of hydrogen-bond donors (Lipinski definition) is 1. The molecule has 1 heterocycles. The fourth-order valence-corrected chi connectivity index (χ4v) is 3.68. The molecule has 1 fully saturated rings. The lowest BCUT2D eigenvalue weighted by Crippen LogP contribution is -2.28. The second-order valence-electron chi connectivity index (χ2n) is 5.79. The summed E-state index contributed by atoms with van der Waals surface area (Å²) in [4.78, 5) is 30.1.